The van der Waals surface area contributed by atoms with E-state index < -0.39 is 0 Å². The Hall–Kier alpha value is -2.30. The Kier molecular flexibility index (Phi) is 4.98. The van der Waals surface area contributed by atoms with E-state index in [4.69, 9.17) is 9.47 Å². The van der Waals surface area contributed by atoms with Gasteiger partial charge < -0.3 is 14.8 Å². The van der Waals surface area contributed by atoms with Gasteiger partial charge >= 0.3 is 0 Å². The summed E-state index contributed by atoms with van der Waals surface area (Å²) in [5, 5.41) is 3.30. The Bertz CT molecular complexity index is 587. The molecule has 0 amide bonds. The lowest BCUT2D eigenvalue weighted by Gasteiger charge is -2.16. The summed E-state index contributed by atoms with van der Waals surface area (Å²) in [7, 11) is 1.60. The number of methoxy groups -OCH3 is 1. The molecule has 1 atom stereocenters. The molecule has 0 fully saturated rings. The van der Waals surface area contributed by atoms with Crippen molar-refractivity contribution in [1.29, 1.82) is 0 Å². The number of nitrogens with one attached hydrogen (secondary N) is 1. The van der Waals surface area contributed by atoms with Gasteiger partial charge in [0.25, 0.3) is 0 Å². The molecule has 1 heterocycles. The van der Waals surface area contributed by atoms with Crippen molar-refractivity contribution in [1.82, 2.24) is 4.98 Å². The standard InChI is InChI=1S/C16H19FN2O2/c1-4-21-15-8-6-13(9-16(15)20-3)19-11(2)14-7-5-12(17)10-18-14/h5-11,19H,4H2,1-3H3. The molecule has 0 saturated carbocycles. The smallest absolute Gasteiger partial charge is 0.162 e. The molecule has 0 aliphatic carbocycles. The summed E-state index contributed by atoms with van der Waals surface area (Å²) >= 11 is 0. The Morgan fingerprint density at radius 3 is 2.67 bits per heavy atom. The van der Waals surface area contributed by atoms with E-state index in [0.717, 1.165) is 11.4 Å². The largest absolute Gasteiger partial charge is 0.493 e. The zero-order valence-corrected chi connectivity index (χ0v) is 12.4. The first-order valence-corrected chi connectivity index (χ1v) is 6.83. The number of nitrogens with zero attached hydrogens (tertiary/aromatic N) is 1. The van der Waals surface area contributed by atoms with Gasteiger partial charge in [-0.3, -0.25) is 4.98 Å². The molecule has 5 heteroatoms. The van der Waals surface area contributed by atoms with Crippen LogP contribution >= 0.6 is 0 Å². The lowest BCUT2D eigenvalue weighted by molar-refractivity contribution is 0.311. The minimum absolute atomic E-state index is 0.0479. The topological polar surface area (TPSA) is 43.4 Å². The lowest BCUT2D eigenvalue weighted by Crippen LogP contribution is -2.08. The molecule has 112 valence electrons. The van der Waals surface area contributed by atoms with Gasteiger partial charge in [0.05, 0.1) is 31.6 Å². The SMILES string of the molecule is CCOc1ccc(NC(C)c2ccc(F)cn2)cc1OC. The molecule has 0 aliphatic heterocycles. The second kappa shape index (κ2) is 6.92. The summed E-state index contributed by atoms with van der Waals surface area (Å²) in [5.74, 6) is 1.04. The summed E-state index contributed by atoms with van der Waals surface area (Å²) < 4.78 is 23.7. The highest BCUT2D eigenvalue weighted by Gasteiger charge is 2.10. The van der Waals surface area contributed by atoms with E-state index in [1.807, 2.05) is 32.0 Å². The second-order valence-electron chi connectivity index (χ2n) is 4.57. The predicted octanol–water partition coefficient (Wildman–Crippen LogP) is 3.80. The molecule has 1 aromatic carbocycles. The van der Waals surface area contributed by atoms with E-state index in [9.17, 15) is 4.39 Å². The molecule has 1 aromatic heterocycles. The van der Waals surface area contributed by atoms with Gasteiger partial charge in [-0.2, -0.15) is 0 Å². The number of hydrogen-bond acceptors (Lipinski definition) is 4. The molecule has 2 rings (SSSR count). The third kappa shape index (κ3) is 3.84. The molecule has 2 aromatic rings. The van der Waals surface area contributed by atoms with Crippen LogP contribution in [0, 0.1) is 5.82 Å². The zero-order valence-electron chi connectivity index (χ0n) is 12.4. The van der Waals surface area contributed by atoms with Crippen molar-refractivity contribution in [3.63, 3.8) is 0 Å². The summed E-state index contributed by atoms with van der Waals surface area (Å²) in [6.07, 6.45) is 1.21. The number of ether oxygens (including phenoxy) is 2. The first-order valence-electron chi connectivity index (χ1n) is 6.83. The van der Waals surface area contributed by atoms with Gasteiger partial charge in [0.2, 0.25) is 0 Å². The van der Waals surface area contributed by atoms with Crippen LogP contribution in [0.3, 0.4) is 0 Å². The Labute approximate surface area is 123 Å². The van der Waals surface area contributed by atoms with Crippen LogP contribution in [-0.2, 0) is 0 Å². The number of halogens is 1. The van der Waals surface area contributed by atoms with E-state index in [1.54, 1.807) is 13.2 Å². The summed E-state index contributed by atoms with van der Waals surface area (Å²) in [6.45, 7) is 4.47. The lowest BCUT2D eigenvalue weighted by atomic mass is 10.2. The predicted molar refractivity (Wildman–Crippen MR) is 80.4 cm³/mol. The van der Waals surface area contributed by atoms with E-state index >= 15 is 0 Å². The van der Waals surface area contributed by atoms with Crippen LogP contribution in [0.1, 0.15) is 25.6 Å². The van der Waals surface area contributed by atoms with Gasteiger partial charge in [0.15, 0.2) is 11.5 Å². The van der Waals surface area contributed by atoms with Gasteiger partial charge in [-0.05, 0) is 38.1 Å². The molecule has 21 heavy (non-hydrogen) atoms. The van der Waals surface area contributed by atoms with Crippen LogP contribution in [0.2, 0.25) is 0 Å². The van der Waals surface area contributed by atoms with Gasteiger partial charge in [-0.1, -0.05) is 0 Å². The fourth-order valence-electron chi connectivity index (χ4n) is 2.00. The first-order chi connectivity index (χ1) is 10.1. The first kappa shape index (κ1) is 15.1. The van der Waals surface area contributed by atoms with E-state index in [-0.39, 0.29) is 11.9 Å². The number of pyridine rings is 1. The van der Waals surface area contributed by atoms with E-state index in [2.05, 4.69) is 10.3 Å². The van der Waals surface area contributed by atoms with Crippen molar-refractivity contribution in [3.05, 3.63) is 48.0 Å². The second-order valence-corrected chi connectivity index (χ2v) is 4.57. The summed E-state index contributed by atoms with van der Waals surface area (Å²) in [6, 6.07) is 8.65. The number of hydrogen-bond donors (Lipinski definition) is 1. The van der Waals surface area contributed by atoms with Gasteiger partial charge in [0, 0.05) is 11.8 Å². The van der Waals surface area contributed by atoms with Crippen LogP contribution in [0.4, 0.5) is 10.1 Å². The Morgan fingerprint density at radius 1 is 1.24 bits per heavy atom. The van der Waals surface area contributed by atoms with Crippen LogP contribution in [-0.4, -0.2) is 18.7 Å². The Balaban J connectivity index is 2.13. The van der Waals surface area contributed by atoms with Crippen molar-refractivity contribution in [2.24, 2.45) is 0 Å². The molecule has 0 saturated heterocycles. The number of benzene rings is 1. The van der Waals surface area contributed by atoms with Crippen molar-refractivity contribution < 1.29 is 13.9 Å². The van der Waals surface area contributed by atoms with Gasteiger partial charge in [-0.25, -0.2) is 4.39 Å². The molecular weight excluding hydrogens is 271 g/mol. The van der Waals surface area contributed by atoms with Crippen molar-refractivity contribution in [2.75, 3.05) is 19.0 Å². The van der Waals surface area contributed by atoms with E-state index in [1.165, 1.54) is 12.3 Å². The highest BCUT2D eigenvalue weighted by Crippen LogP contribution is 2.31. The summed E-state index contributed by atoms with van der Waals surface area (Å²) in [4.78, 5) is 4.07. The van der Waals surface area contributed by atoms with E-state index in [0.29, 0.717) is 18.1 Å². The molecule has 0 bridgehead atoms. The maximum atomic E-state index is 12.9. The van der Waals surface area contributed by atoms with Crippen LogP contribution in [0.15, 0.2) is 36.5 Å². The normalized spacial score (nSPS) is 11.8. The van der Waals surface area contributed by atoms with Gasteiger partial charge in [-0.15, -0.1) is 0 Å². The maximum Gasteiger partial charge on any atom is 0.162 e. The molecule has 1 unspecified atom stereocenters. The highest BCUT2D eigenvalue weighted by atomic mass is 19.1. The number of rotatable bonds is 6. The number of aromatic nitrogens is 1. The molecule has 1 N–H and O–H groups in total. The average Bonchev–Trinajstić information content (AvgIpc) is 2.49. The average molecular weight is 290 g/mol. The van der Waals surface area contributed by atoms with Crippen LogP contribution < -0.4 is 14.8 Å². The van der Waals surface area contributed by atoms with Crippen molar-refractivity contribution in [2.45, 2.75) is 19.9 Å². The number of anilines is 1. The monoisotopic (exact) mass is 290 g/mol. The molecular formula is C16H19FN2O2. The van der Waals surface area contributed by atoms with Crippen molar-refractivity contribution in [3.8, 4) is 11.5 Å². The highest BCUT2D eigenvalue weighted by molar-refractivity contribution is 5.55. The molecule has 4 nitrogen and oxygen atoms in total. The van der Waals surface area contributed by atoms with Crippen LogP contribution in [0.25, 0.3) is 0 Å². The van der Waals surface area contributed by atoms with Gasteiger partial charge in [0.1, 0.15) is 5.82 Å². The zero-order chi connectivity index (χ0) is 15.2. The van der Waals surface area contributed by atoms with Crippen LogP contribution in [0.5, 0.6) is 11.5 Å². The van der Waals surface area contributed by atoms with Crippen molar-refractivity contribution >= 4 is 5.69 Å². The third-order valence-electron chi connectivity index (χ3n) is 3.04. The summed E-state index contributed by atoms with van der Waals surface area (Å²) in [5.41, 5.74) is 1.65. The minimum Gasteiger partial charge on any atom is -0.493 e. The quantitative estimate of drug-likeness (QED) is 0.878. The minimum atomic E-state index is -0.339. The maximum absolute atomic E-state index is 12.9. The molecule has 0 radical (unpaired) electrons. The fourth-order valence-corrected chi connectivity index (χ4v) is 2.00. The fraction of sp³-hybridized carbons (Fsp3) is 0.312. The third-order valence-corrected chi connectivity index (χ3v) is 3.04. The molecule has 0 spiro atoms. The molecule has 0 aliphatic rings. The Morgan fingerprint density at radius 2 is 2.05 bits per heavy atom.